The van der Waals surface area contributed by atoms with Gasteiger partial charge in [-0.3, -0.25) is 9.58 Å². The molecule has 0 spiro atoms. The summed E-state index contributed by atoms with van der Waals surface area (Å²) in [5.74, 6) is 0. The van der Waals surface area contributed by atoms with Crippen molar-refractivity contribution in [2.75, 3.05) is 27.2 Å². The smallest absolute Gasteiger partial charge is 0.0767 e. The maximum atomic E-state index is 9.96. The predicted octanol–water partition coefficient (Wildman–Crippen LogP) is 1.24. The molecular formula is C14H25BrN4O. The van der Waals surface area contributed by atoms with Gasteiger partial charge >= 0.3 is 0 Å². The number of hydrogen-bond donors (Lipinski definition) is 1. The number of aryl methyl sites for hydroxylation is 2. The van der Waals surface area contributed by atoms with Gasteiger partial charge < -0.3 is 10.0 Å². The van der Waals surface area contributed by atoms with Gasteiger partial charge in [-0.25, -0.2) is 0 Å². The van der Waals surface area contributed by atoms with Gasteiger partial charge in [0.1, 0.15) is 0 Å². The Hall–Kier alpha value is -0.430. The van der Waals surface area contributed by atoms with E-state index in [0.717, 1.165) is 42.6 Å². The first-order valence-electron chi connectivity index (χ1n) is 7.19. The molecule has 1 saturated heterocycles. The van der Waals surface area contributed by atoms with Gasteiger partial charge in [-0.15, -0.1) is 0 Å². The fourth-order valence-corrected chi connectivity index (χ4v) is 3.69. The van der Waals surface area contributed by atoms with Crippen molar-refractivity contribution < 1.29 is 5.11 Å². The largest absolute Gasteiger partial charge is 0.392 e. The van der Waals surface area contributed by atoms with E-state index < -0.39 is 0 Å². The molecule has 2 heterocycles. The lowest BCUT2D eigenvalue weighted by molar-refractivity contribution is 0.167. The Balaban J connectivity index is 2.13. The van der Waals surface area contributed by atoms with Crippen molar-refractivity contribution in [3.63, 3.8) is 0 Å². The summed E-state index contributed by atoms with van der Waals surface area (Å²) < 4.78 is 3.08. The highest BCUT2D eigenvalue weighted by Gasteiger charge is 2.32. The summed E-state index contributed by atoms with van der Waals surface area (Å²) in [6.45, 7) is 4.68. The van der Waals surface area contributed by atoms with Crippen LogP contribution in [0.3, 0.4) is 0 Å². The number of aliphatic hydroxyl groups excluding tert-OH is 1. The maximum Gasteiger partial charge on any atom is 0.0767 e. The fourth-order valence-electron chi connectivity index (χ4n) is 2.95. The first-order valence-corrected chi connectivity index (χ1v) is 7.98. The number of nitrogens with zero attached hydrogens (tertiary/aromatic N) is 4. The second-order valence-electron chi connectivity index (χ2n) is 5.92. The molecule has 2 rings (SSSR count). The van der Waals surface area contributed by atoms with E-state index in [2.05, 4.69) is 51.8 Å². The molecule has 1 aliphatic rings. The molecule has 0 aliphatic carbocycles. The van der Waals surface area contributed by atoms with Crippen LogP contribution >= 0.6 is 15.9 Å². The Bertz CT molecular complexity index is 460. The highest BCUT2D eigenvalue weighted by molar-refractivity contribution is 9.10. The van der Waals surface area contributed by atoms with E-state index in [9.17, 15) is 5.11 Å². The zero-order chi connectivity index (χ0) is 14.9. The second kappa shape index (κ2) is 6.56. The zero-order valence-electron chi connectivity index (χ0n) is 12.8. The van der Waals surface area contributed by atoms with Crippen LogP contribution in [0.1, 0.15) is 24.7 Å². The standard InChI is InChI=1S/C14H25BrN4O/c1-5-12-14(15)13(18(4)16-12)9-19-8-11(20)6-10(19)7-17(2)3/h10-11,20H,5-9H2,1-4H3. The van der Waals surface area contributed by atoms with Crippen LogP contribution in [0.2, 0.25) is 0 Å². The van der Waals surface area contributed by atoms with Crippen LogP contribution in [0.4, 0.5) is 0 Å². The Labute approximate surface area is 129 Å². The molecule has 0 bridgehead atoms. The van der Waals surface area contributed by atoms with Crippen LogP contribution in [-0.4, -0.2) is 64.0 Å². The predicted molar refractivity (Wildman–Crippen MR) is 83.7 cm³/mol. The van der Waals surface area contributed by atoms with E-state index in [1.165, 1.54) is 5.69 Å². The molecule has 0 amide bonds. The van der Waals surface area contributed by atoms with Gasteiger partial charge in [0.25, 0.3) is 0 Å². The van der Waals surface area contributed by atoms with Gasteiger partial charge in [0.15, 0.2) is 0 Å². The van der Waals surface area contributed by atoms with E-state index in [4.69, 9.17) is 0 Å². The minimum Gasteiger partial charge on any atom is -0.392 e. The van der Waals surface area contributed by atoms with Crippen molar-refractivity contribution in [1.82, 2.24) is 19.6 Å². The molecule has 2 atom stereocenters. The Morgan fingerprint density at radius 3 is 2.70 bits per heavy atom. The van der Waals surface area contributed by atoms with Crippen molar-refractivity contribution in [3.8, 4) is 0 Å². The van der Waals surface area contributed by atoms with Crippen LogP contribution < -0.4 is 0 Å². The number of halogens is 1. The number of hydrogen-bond acceptors (Lipinski definition) is 4. The van der Waals surface area contributed by atoms with Crippen molar-refractivity contribution in [2.24, 2.45) is 7.05 Å². The first-order chi connectivity index (χ1) is 9.42. The van der Waals surface area contributed by atoms with Crippen molar-refractivity contribution in [3.05, 3.63) is 15.9 Å². The van der Waals surface area contributed by atoms with Crippen molar-refractivity contribution >= 4 is 15.9 Å². The van der Waals surface area contributed by atoms with Gasteiger partial charge in [0, 0.05) is 32.7 Å². The number of aromatic nitrogens is 2. The third kappa shape index (κ3) is 3.42. The lowest BCUT2D eigenvalue weighted by Crippen LogP contribution is -2.37. The number of β-amino-alcohol motifs (C(OH)–C–C–N with tert-alkyl or cyclic N) is 1. The van der Waals surface area contributed by atoms with Gasteiger partial charge in [-0.2, -0.15) is 5.10 Å². The van der Waals surface area contributed by atoms with Gasteiger partial charge in [0.2, 0.25) is 0 Å². The molecule has 0 saturated carbocycles. The van der Waals surface area contributed by atoms with Crippen LogP contribution in [0.25, 0.3) is 0 Å². The summed E-state index contributed by atoms with van der Waals surface area (Å²) in [6.07, 6.45) is 1.57. The Morgan fingerprint density at radius 2 is 2.15 bits per heavy atom. The Morgan fingerprint density at radius 1 is 1.45 bits per heavy atom. The molecule has 20 heavy (non-hydrogen) atoms. The summed E-state index contributed by atoms with van der Waals surface area (Å²) in [5.41, 5.74) is 2.30. The average Bonchev–Trinajstić information content (AvgIpc) is 2.83. The molecule has 1 N–H and O–H groups in total. The first kappa shape index (κ1) is 15.9. The van der Waals surface area contributed by atoms with Crippen LogP contribution in [0.5, 0.6) is 0 Å². The number of likely N-dealkylation sites (tertiary alicyclic amines) is 1. The van der Waals surface area contributed by atoms with E-state index in [-0.39, 0.29) is 6.10 Å². The number of aliphatic hydroxyl groups is 1. The zero-order valence-corrected chi connectivity index (χ0v) is 14.4. The number of likely N-dealkylation sites (N-methyl/N-ethyl adjacent to an activating group) is 1. The molecule has 5 nitrogen and oxygen atoms in total. The van der Waals surface area contributed by atoms with Crippen molar-refractivity contribution in [2.45, 2.75) is 38.5 Å². The molecule has 0 radical (unpaired) electrons. The van der Waals surface area contributed by atoms with E-state index in [1.807, 2.05) is 11.7 Å². The third-order valence-corrected chi connectivity index (χ3v) is 4.85. The molecule has 0 aromatic carbocycles. The molecule has 6 heteroatoms. The minimum atomic E-state index is -0.211. The van der Waals surface area contributed by atoms with Gasteiger partial charge in [-0.05, 0) is 42.9 Å². The molecule has 1 aliphatic heterocycles. The fraction of sp³-hybridized carbons (Fsp3) is 0.786. The normalized spacial score (nSPS) is 23.9. The summed E-state index contributed by atoms with van der Waals surface area (Å²) in [4.78, 5) is 4.55. The molecule has 1 fully saturated rings. The van der Waals surface area contributed by atoms with E-state index in [0.29, 0.717) is 6.04 Å². The summed E-state index contributed by atoms with van der Waals surface area (Å²) in [6, 6.07) is 0.409. The lowest BCUT2D eigenvalue weighted by atomic mass is 10.2. The van der Waals surface area contributed by atoms with Crippen molar-refractivity contribution in [1.29, 1.82) is 0 Å². The topological polar surface area (TPSA) is 44.5 Å². The van der Waals surface area contributed by atoms with E-state index in [1.54, 1.807) is 0 Å². The van der Waals surface area contributed by atoms with Gasteiger partial charge in [0.05, 0.1) is 22.0 Å². The number of rotatable bonds is 5. The lowest BCUT2D eigenvalue weighted by Gasteiger charge is -2.26. The minimum absolute atomic E-state index is 0.211. The quantitative estimate of drug-likeness (QED) is 0.872. The summed E-state index contributed by atoms with van der Waals surface area (Å²) >= 11 is 3.67. The molecular weight excluding hydrogens is 320 g/mol. The Kier molecular flexibility index (Phi) is 5.23. The molecule has 114 valence electrons. The average molecular weight is 345 g/mol. The molecule has 1 aromatic rings. The molecule has 1 aromatic heterocycles. The monoisotopic (exact) mass is 344 g/mol. The van der Waals surface area contributed by atoms with Crippen LogP contribution in [-0.2, 0) is 20.0 Å². The second-order valence-corrected chi connectivity index (χ2v) is 6.71. The van der Waals surface area contributed by atoms with Crippen LogP contribution in [0.15, 0.2) is 4.47 Å². The third-order valence-electron chi connectivity index (χ3n) is 3.94. The van der Waals surface area contributed by atoms with E-state index >= 15 is 0 Å². The SMILES string of the molecule is CCc1nn(C)c(CN2CC(O)CC2CN(C)C)c1Br. The maximum absolute atomic E-state index is 9.96. The highest BCUT2D eigenvalue weighted by Crippen LogP contribution is 2.26. The van der Waals surface area contributed by atoms with Gasteiger partial charge in [-0.1, -0.05) is 6.92 Å². The van der Waals surface area contributed by atoms with Crippen LogP contribution in [0, 0.1) is 0 Å². The molecule has 2 unspecified atom stereocenters. The highest BCUT2D eigenvalue weighted by atomic mass is 79.9. The summed E-state index contributed by atoms with van der Waals surface area (Å²) in [5, 5.41) is 14.5. The summed E-state index contributed by atoms with van der Waals surface area (Å²) in [7, 11) is 6.16.